The van der Waals surface area contributed by atoms with Crippen LogP contribution in [0.2, 0.25) is 0 Å². The van der Waals surface area contributed by atoms with E-state index in [1.54, 1.807) is 12.1 Å². The summed E-state index contributed by atoms with van der Waals surface area (Å²) >= 11 is 0. The number of aromatic nitrogens is 1. The highest BCUT2D eigenvalue weighted by atomic mass is 19.1. The molecule has 3 aromatic rings. The van der Waals surface area contributed by atoms with Gasteiger partial charge in [0.1, 0.15) is 11.6 Å². The third kappa shape index (κ3) is 3.32. The van der Waals surface area contributed by atoms with Crippen LogP contribution in [0.4, 0.5) is 8.78 Å². The van der Waals surface area contributed by atoms with E-state index in [-0.39, 0.29) is 17.9 Å². The number of Topliss-reactive ketones (excluding diaryl/α,β-unsaturated/α-hetero) is 1. The van der Waals surface area contributed by atoms with Gasteiger partial charge in [-0.15, -0.1) is 0 Å². The van der Waals surface area contributed by atoms with Gasteiger partial charge in [0.15, 0.2) is 0 Å². The molecular weight excluding hydrogens is 314 g/mol. The number of benzene rings is 2. The normalized spacial score (nSPS) is 10.8. The second kappa shape index (κ2) is 6.62. The van der Waals surface area contributed by atoms with E-state index in [0.717, 1.165) is 5.56 Å². The van der Waals surface area contributed by atoms with E-state index in [1.807, 2.05) is 0 Å². The Morgan fingerprint density at radius 3 is 2.46 bits per heavy atom. The second-order valence-corrected chi connectivity index (χ2v) is 5.35. The summed E-state index contributed by atoms with van der Waals surface area (Å²) in [4.78, 5) is 27.0. The molecule has 0 saturated carbocycles. The molecule has 122 valence electrons. The fourth-order valence-electron chi connectivity index (χ4n) is 2.46. The molecule has 0 fully saturated rings. The molecule has 0 aliphatic carbocycles. The minimum atomic E-state index is -0.734. The lowest BCUT2D eigenvalue weighted by molar-refractivity contribution is -0.116. The van der Waals surface area contributed by atoms with E-state index >= 15 is 0 Å². The highest BCUT2D eigenvalue weighted by molar-refractivity contribution is 6.44. The molecule has 1 heterocycles. The van der Waals surface area contributed by atoms with Crippen LogP contribution in [0.25, 0.3) is 10.9 Å². The first-order valence-electron chi connectivity index (χ1n) is 7.38. The number of hydrogen-bond acceptors (Lipinski definition) is 2. The van der Waals surface area contributed by atoms with Gasteiger partial charge in [-0.1, -0.05) is 12.1 Å². The Kier molecular flexibility index (Phi) is 4.37. The summed E-state index contributed by atoms with van der Waals surface area (Å²) in [6.07, 6.45) is 1.88. The number of amides is 1. The first kappa shape index (κ1) is 15.9. The summed E-state index contributed by atoms with van der Waals surface area (Å²) in [7, 11) is 0. The standard InChI is InChI=1S/C18H14F2N2O2/c19-12-3-1-11(2-4-12)7-8-21-18(24)17(23)15-10-22-16-9-13(20)5-6-14(15)16/h1-6,9-10,22H,7-8H2,(H,21,24). The Morgan fingerprint density at radius 1 is 1.00 bits per heavy atom. The zero-order valence-electron chi connectivity index (χ0n) is 12.6. The van der Waals surface area contributed by atoms with Crippen LogP contribution < -0.4 is 5.32 Å². The van der Waals surface area contributed by atoms with Gasteiger partial charge in [0.2, 0.25) is 0 Å². The molecule has 0 unspecified atom stereocenters. The predicted molar refractivity (Wildman–Crippen MR) is 85.7 cm³/mol. The summed E-state index contributed by atoms with van der Waals surface area (Å²) in [6, 6.07) is 9.88. The van der Waals surface area contributed by atoms with Crippen molar-refractivity contribution in [3.63, 3.8) is 0 Å². The van der Waals surface area contributed by atoms with Crippen LogP contribution in [0.15, 0.2) is 48.7 Å². The molecule has 0 aliphatic heterocycles. The Balaban J connectivity index is 1.63. The number of carbonyl (C=O) groups is 2. The van der Waals surface area contributed by atoms with E-state index in [2.05, 4.69) is 10.3 Å². The van der Waals surface area contributed by atoms with Gasteiger partial charge < -0.3 is 10.3 Å². The number of halogens is 2. The third-order valence-corrected chi connectivity index (χ3v) is 3.71. The molecule has 3 rings (SSSR count). The van der Waals surface area contributed by atoms with Gasteiger partial charge in [0, 0.05) is 23.6 Å². The van der Waals surface area contributed by atoms with Gasteiger partial charge in [0.05, 0.1) is 5.56 Å². The van der Waals surface area contributed by atoms with Crippen molar-refractivity contribution in [3.8, 4) is 0 Å². The third-order valence-electron chi connectivity index (χ3n) is 3.71. The van der Waals surface area contributed by atoms with Crippen LogP contribution in [-0.4, -0.2) is 23.2 Å². The van der Waals surface area contributed by atoms with Crippen LogP contribution in [0, 0.1) is 11.6 Å². The van der Waals surface area contributed by atoms with Crippen molar-refractivity contribution in [3.05, 3.63) is 71.4 Å². The largest absolute Gasteiger partial charge is 0.360 e. The van der Waals surface area contributed by atoms with Crippen molar-refractivity contribution in [2.24, 2.45) is 0 Å². The van der Waals surface area contributed by atoms with Gasteiger partial charge >= 0.3 is 0 Å². The molecule has 0 atom stereocenters. The number of fused-ring (bicyclic) bond motifs is 1. The second-order valence-electron chi connectivity index (χ2n) is 5.35. The smallest absolute Gasteiger partial charge is 0.292 e. The van der Waals surface area contributed by atoms with E-state index in [4.69, 9.17) is 0 Å². The molecule has 4 nitrogen and oxygen atoms in total. The molecule has 0 radical (unpaired) electrons. The van der Waals surface area contributed by atoms with Crippen molar-refractivity contribution in [1.29, 1.82) is 0 Å². The van der Waals surface area contributed by atoms with Crippen molar-refractivity contribution in [2.75, 3.05) is 6.54 Å². The lowest BCUT2D eigenvalue weighted by atomic mass is 10.1. The first-order valence-corrected chi connectivity index (χ1v) is 7.38. The molecule has 1 amide bonds. The summed E-state index contributed by atoms with van der Waals surface area (Å²) in [5.41, 5.74) is 1.51. The van der Waals surface area contributed by atoms with E-state index in [0.29, 0.717) is 17.3 Å². The van der Waals surface area contributed by atoms with Crippen LogP contribution in [0.5, 0.6) is 0 Å². The molecule has 1 aromatic heterocycles. The zero-order chi connectivity index (χ0) is 17.1. The molecule has 0 aliphatic rings. The Hall–Kier alpha value is -3.02. The van der Waals surface area contributed by atoms with Gasteiger partial charge in [-0.2, -0.15) is 0 Å². The number of H-pyrrole nitrogens is 1. The highest BCUT2D eigenvalue weighted by Gasteiger charge is 2.19. The monoisotopic (exact) mass is 328 g/mol. The van der Waals surface area contributed by atoms with E-state index in [9.17, 15) is 18.4 Å². The molecule has 24 heavy (non-hydrogen) atoms. The van der Waals surface area contributed by atoms with Crippen molar-refractivity contribution >= 4 is 22.6 Å². The number of rotatable bonds is 5. The van der Waals surface area contributed by atoms with Gasteiger partial charge in [0.25, 0.3) is 11.7 Å². The highest BCUT2D eigenvalue weighted by Crippen LogP contribution is 2.19. The summed E-state index contributed by atoms with van der Waals surface area (Å²) < 4.78 is 26.0. The molecule has 2 aromatic carbocycles. The minimum absolute atomic E-state index is 0.198. The van der Waals surface area contributed by atoms with Crippen molar-refractivity contribution in [2.45, 2.75) is 6.42 Å². The van der Waals surface area contributed by atoms with E-state index < -0.39 is 17.5 Å². The van der Waals surface area contributed by atoms with Gasteiger partial charge in [-0.25, -0.2) is 8.78 Å². The molecule has 0 spiro atoms. The quantitative estimate of drug-likeness (QED) is 0.559. The van der Waals surface area contributed by atoms with Crippen LogP contribution in [-0.2, 0) is 11.2 Å². The maximum Gasteiger partial charge on any atom is 0.292 e. The summed E-state index contributed by atoms with van der Waals surface area (Å²) in [5, 5.41) is 3.04. The summed E-state index contributed by atoms with van der Waals surface area (Å²) in [6.45, 7) is 0.257. The number of aromatic amines is 1. The lowest BCUT2D eigenvalue weighted by Gasteiger charge is -2.04. The molecule has 6 heteroatoms. The van der Waals surface area contributed by atoms with Crippen LogP contribution in [0.3, 0.4) is 0 Å². The maximum absolute atomic E-state index is 13.2. The van der Waals surface area contributed by atoms with Crippen molar-refractivity contribution in [1.82, 2.24) is 10.3 Å². The number of hydrogen-bond donors (Lipinski definition) is 2. The molecular formula is C18H14F2N2O2. The molecule has 0 bridgehead atoms. The Morgan fingerprint density at radius 2 is 1.71 bits per heavy atom. The predicted octanol–water partition coefficient (Wildman–Crippen LogP) is 2.99. The Bertz CT molecular complexity index is 901. The average Bonchev–Trinajstić information content (AvgIpc) is 2.98. The fraction of sp³-hybridized carbons (Fsp3) is 0.111. The SMILES string of the molecule is O=C(NCCc1ccc(F)cc1)C(=O)c1c[nH]c2cc(F)ccc12. The zero-order valence-corrected chi connectivity index (χ0v) is 12.6. The topological polar surface area (TPSA) is 62.0 Å². The fourth-order valence-corrected chi connectivity index (χ4v) is 2.46. The van der Waals surface area contributed by atoms with E-state index in [1.165, 1.54) is 36.5 Å². The number of ketones is 1. The number of carbonyl (C=O) groups excluding carboxylic acids is 2. The summed E-state index contributed by atoms with van der Waals surface area (Å²) in [5.74, 6) is -2.17. The first-order chi connectivity index (χ1) is 11.5. The Labute approximate surface area is 136 Å². The minimum Gasteiger partial charge on any atom is -0.360 e. The lowest BCUT2D eigenvalue weighted by Crippen LogP contribution is -2.32. The van der Waals surface area contributed by atoms with Gasteiger partial charge in [-0.05, 0) is 42.3 Å². The van der Waals surface area contributed by atoms with Gasteiger partial charge in [-0.3, -0.25) is 9.59 Å². The van der Waals surface area contributed by atoms with Crippen molar-refractivity contribution < 1.29 is 18.4 Å². The average molecular weight is 328 g/mol. The number of nitrogens with one attached hydrogen (secondary N) is 2. The maximum atomic E-state index is 13.2. The van der Waals surface area contributed by atoms with Crippen LogP contribution >= 0.6 is 0 Å². The molecule has 0 saturated heterocycles. The van der Waals surface area contributed by atoms with Crippen LogP contribution in [0.1, 0.15) is 15.9 Å². The molecule has 2 N–H and O–H groups in total.